The van der Waals surface area contributed by atoms with Crippen LogP contribution in [0.2, 0.25) is 0 Å². The maximum atomic E-state index is 12.6. The van der Waals surface area contributed by atoms with Crippen LogP contribution in [-0.2, 0) is 22.6 Å². The molecule has 0 bridgehead atoms. The minimum Gasteiger partial charge on any atom is -0.354 e. The standard InChI is InChI=1S/C22H29N3O2S/c1-24(17-18-8-3-2-4-9-18)13-7-12-23-22(27)20-11-5-14-25(20)21(26)16-19-10-6-15-28-19/h2-4,6,8-10,15,20H,5,7,11-14,16-17H2,1H3,(H,23,27). The predicted octanol–water partition coefficient (Wildman–Crippen LogP) is 2.92. The molecule has 5 nitrogen and oxygen atoms in total. The Morgan fingerprint density at radius 1 is 1.21 bits per heavy atom. The van der Waals surface area contributed by atoms with Crippen molar-refractivity contribution in [3.05, 3.63) is 58.3 Å². The van der Waals surface area contributed by atoms with Crippen LogP contribution in [0.3, 0.4) is 0 Å². The molecular weight excluding hydrogens is 370 g/mol. The normalized spacial score (nSPS) is 16.5. The van der Waals surface area contributed by atoms with Gasteiger partial charge in [0.05, 0.1) is 6.42 Å². The van der Waals surface area contributed by atoms with E-state index in [1.165, 1.54) is 5.56 Å². The Labute approximate surface area is 171 Å². The highest BCUT2D eigenvalue weighted by molar-refractivity contribution is 7.10. The monoisotopic (exact) mass is 399 g/mol. The van der Waals surface area contributed by atoms with Crippen molar-refractivity contribution in [1.82, 2.24) is 15.1 Å². The van der Waals surface area contributed by atoms with Crippen molar-refractivity contribution >= 4 is 23.2 Å². The van der Waals surface area contributed by atoms with Gasteiger partial charge in [-0.2, -0.15) is 0 Å². The summed E-state index contributed by atoms with van der Waals surface area (Å²) in [5.74, 6) is 0.0467. The Balaban J connectivity index is 1.38. The molecule has 1 aromatic carbocycles. The number of amides is 2. The van der Waals surface area contributed by atoms with Crippen LogP contribution in [0.15, 0.2) is 47.8 Å². The van der Waals surface area contributed by atoms with Crippen LogP contribution in [0.25, 0.3) is 0 Å². The Bertz CT molecular complexity index is 748. The second-order valence-corrected chi connectivity index (χ2v) is 8.40. The average molecular weight is 400 g/mol. The van der Waals surface area contributed by atoms with Gasteiger partial charge >= 0.3 is 0 Å². The van der Waals surface area contributed by atoms with Crippen molar-refractivity contribution < 1.29 is 9.59 Å². The van der Waals surface area contributed by atoms with E-state index in [2.05, 4.69) is 41.5 Å². The molecule has 2 amide bonds. The first-order valence-corrected chi connectivity index (χ1v) is 10.8. The number of nitrogens with one attached hydrogen (secondary N) is 1. The molecule has 1 fully saturated rings. The van der Waals surface area contributed by atoms with Crippen LogP contribution in [-0.4, -0.2) is 54.3 Å². The van der Waals surface area contributed by atoms with Crippen molar-refractivity contribution in [2.45, 2.75) is 38.3 Å². The first-order chi connectivity index (χ1) is 13.6. The molecule has 0 radical (unpaired) electrons. The van der Waals surface area contributed by atoms with Crippen LogP contribution < -0.4 is 5.32 Å². The third-order valence-corrected chi connectivity index (χ3v) is 5.97. The molecule has 150 valence electrons. The second-order valence-electron chi connectivity index (χ2n) is 7.37. The zero-order chi connectivity index (χ0) is 19.8. The van der Waals surface area contributed by atoms with Gasteiger partial charge in [-0.05, 0) is 49.9 Å². The van der Waals surface area contributed by atoms with Gasteiger partial charge in [-0.3, -0.25) is 9.59 Å². The van der Waals surface area contributed by atoms with Gasteiger partial charge in [0.15, 0.2) is 0 Å². The molecule has 3 rings (SSSR count). The number of benzene rings is 1. The largest absolute Gasteiger partial charge is 0.354 e. The fraction of sp³-hybridized carbons (Fsp3) is 0.455. The van der Waals surface area contributed by atoms with E-state index in [4.69, 9.17) is 0 Å². The molecule has 2 heterocycles. The molecule has 1 saturated heterocycles. The first-order valence-electron chi connectivity index (χ1n) is 9.95. The van der Waals surface area contributed by atoms with E-state index in [1.807, 2.05) is 23.6 Å². The highest BCUT2D eigenvalue weighted by atomic mass is 32.1. The summed E-state index contributed by atoms with van der Waals surface area (Å²) in [6.07, 6.45) is 2.95. The number of nitrogens with zero attached hydrogens (tertiary/aromatic N) is 2. The highest BCUT2D eigenvalue weighted by Crippen LogP contribution is 2.20. The van der Waals surface area contributed by atoms with Crippen LogP contribution in [0.5, 0.6) is 0 Å². The summed E-state index contributed by atoms with van der Waals surface area (Å²) in [4.78, 5) is 30.2. The Morgan fingerprint density at radius 3 is 2.79 bits per heavy atom. The predicted molar refractivity (Wildman–Crippen MR) is 113 cm³/mol. The van der Waals surface area contributed by atoms with E-state index < -0.39 is 0 Å². The zero-order valence-corrected chi connectivity index (χ0v) is 17.3. The Morgan fingerprint density at radius 2 is 2.04 bits per heavy atom. The maximum absolute atomic E-state index is 12.6. The minimum atomic E-state index is -0.311. The van der Waals surface area contributed by atoms with Gasteiger partial charge in [0.2, 0.25) is 11.8 Å². The summed E-state index contributed by atoms with van der Waals surface area (Å²) in [6, 6.07) is 14.0. The molecular formula is C22H29N3O2S. The van der Waals surface area contributed by atoms with Gasteiger partial charge in [0.25, 0.3) is 0 Å². The summed E-state index contributed by atoms with van der Waals surface area (Å²) in [7, 11) is 2.09. The number of carbonyl (C=O) groups is 2. The van der Waals surface area contributed by atoms with Gasteiger partial charge in [0, 0.05) is 24.5 Å². The Kier molecular flexibility index (Phi) is 7.62. The summed E-state index contributed by atoms with van der Waals surface area (Å²) >= 11 is 1.59. The van der Waals surface area contributed by atoms with Crippen molar-refractivity contribution in [1.29, 1.82) is 0 Å². The number of thiophene rings is 1. The van der Waals surface area contributed by atoms with E-state index >= 15 is 0 Å². The van der Waals surface area contributed by atoms with Crippen LogP contribution in [0, 0.1) is 0 Å². The summed E-state index contributed by atoms with van der Waals surface area (Å²) in [5.41, 5.74) is 1.29. The lowest BCUT2D eigenvalue weighted by Gasteiger charge is -2.24. The fourth-order valence-electron chi connectivity index (χ4n) is 3.65. The third kappa shape index (κ3) is 5.91. The molecule has 0 saturated carbocycles. The highest BCUT2D eigenvalue weighted by Gasteiger charge is 2.33. The Hall–Kier alpha value is -2.18. The van der Waals surface area contributed by atoms with Gasteiger partial charge in [0.1, 0.15) is 6.04 Å². The van der Waals surface area contributed by atoms with Crippen molar-refractivity contribution in [3.63, 3.8) is 0 Å². The maximum Gasteiger partial charge on any atom is 0.242 e. The van der Waals surface area contributed by atoms with E-state index in [0.29, 0.717) is 19.5 Å². The van der Waals surface area contributed by atoms with E-state index in [1.54, 1.807) is 16.2 Å². The molecule has 6 heteroatoms. The lowest BCUT2D eigenvalue weighted by atomic mass is 10.2. The molecule has 28 heavy (non-hydrogen) atoms. The molecule has 1 N–H and O–H groups in total. The van der Waals surface area contributed by atoms with E-state index in [0.717, 1.165) is 37.2 Å². The van der Waals surface area contributed by atoms with Gasteiger partial charge < -0.3 is 15.1 Å². The number of hydrogen-bond donors (Lipinski definition) is 1. The zero-order valence-electron chi connectivity index (χ0n) is 16.5. The third-order valence-electron chi connectivity index (χ3n) is 5.09. The lowest BCUT2D eigenvalue weighted by Crippen LogP contribution is -2.46. The molecule has 1 atom stereocenters. The van der Waals surface area contributed by atoms with Gasteiger partial charge in [-0.1, -0.05) is 36.4 Å². The van der Waals surface area contributed by atoms with E-state index in [9.17, 15) is 9.59 Å². The SMILES string of the molecule is CN(CCCNC(=O)C1CCCN1C(=O)Cc1cccs1)Cc1ccccc1. The number of likely N-dealkylation sites (tertiary alicyclic amines) is 1. The summed E-state index contributed by atoms with van der Waals surface area (Å²) < 4.78 is 0. The summed E-state index contributed by atoms with van der Waals surface area (Å²) in [5, 5.41) is 5.01. The molecule has 0 aliphatic carbocycles. The lowest BCUT2D eigenvalue weighted by molar-refractivity contribution is -0.137. The summed E-state index contributed by atoms with van der Waals surface area (Å²) in [6.45, 7) is 3.15. The number of hydrogen-bond acceptors (Lipinski definition) is 4. The quantitative estimate of drug-likeness (QED) is 0.660. The van der Waals surface area contributed by atoms with Crippen LogP contribution >= 0.6 is 11.3 Å². The molecule has 1 unspecified atom stereocenters. The van der Waals surface area contributed by atoms with Crippen molar-refractivity contribution in [2.75, 3.05) is 26.7 Å². The van der Waals surface area contributed by atoms with Gasteiger partial charge in [-0.25, -0.2) is 0 Å². The van der Waals surface area contributed by atoms with Crippen LogP contribution in [0.1, 0.15) is 29.7 Å². The number of rotatable bonds is 9. The topological polar surface area (TPSA) is 52.7 Å². The molecule has 1 aromatic heterocycles. The molecule has 0 spiro atoms. The number of carbonyl (C=O) groups excluding carboxylic acids is 2. The van der Waals surface area contributed by atoms with E-state index in [-0.39, 0.29) is 17.9 Å². The van der Waals surface area contributed by atoms with Crippen molar-refractivity contribution in [2.24, 2.45) is 0 Å². The molecule has 2 aromatic rings. The second kappa shape index (κ2) is 10.4. The fourth-order valence-corrected chi connectivity index (χ4v) is 4.35. The van der Waals surface area contributed by atoms with Gasteiger partial charge in [-0.15, -0.1) is 11.3 Å². The smallest absolute Gasteiger partial charge is 0.242 e. The molecule has 1 aliphatic rings. The molecule has 1 aliphatic heterocycles. The average Bonchev–Trinajstić information content (AvgIpc) is 3.37. The minimum absolute atomic E-state index is 0.0113. The van der Waals surface area contributed by atoms with Crippen molar-refractivity contribution in [3.8, 4) is 0 Å². The van der Waals surface area contributed by atoms with Crippen LogP contribution in [0.4, 0.5) is 0 Å². The first kappa shape index (κ1) is 20.6.